The third kappa shape index (κ3) is 2.76. The first-order chi connectivity index (χ1) is 8.86. The lowest BCUT2D eigenvalue weighted by Crippen LogP contribution is -2.43. The number of hydrogen-bond donors (Lipinski definition) is 2. The van der Waals surface area contributed by atoms with Gasteiger partial charge in [-0.05, 0) is 55.1 Å². The molecule has 0 bridgehead atoms. The Morgan fingerprint density at radius 2 is 1.94 bits per heavy atom. The monoisotopic (exact) mass is 244 g/mol. The van der Waals surface area contributed by atoms with E-state index in [4.69, 9.17) is 5.84 Å². The van der Waals surface area contributed by atoms with E-state index in [2.05, 4.69) is 29.7 Å². The van der Waals surface area contributed by atoms with Gasteiger partial charge in [0, 0.05) is 6.04 Å². The van der Waals surface area contributed by atoms with Crippen LogP contribution in [0, 0.1) is 11.8 Å². The van der Waals surface area contributed by atoms with E-state index in [0.29, 0.717) is 6.04 Å². The van der Waals surface area contributed by atoms with Crippen molar-refractivity contribution < 1.29 is 0 Å². The van der Waals surface area contributed by atoms with Crippen LogP contribution in [0.2, 0.25) is 0 Å². The first-order valence-corrected chi connectivity index (χ1v) is 7.39. The Morgan fingerprint density at radius 3 is 2.67 bits per heavy atom. The summed E-state index contributed by atoms with van der Waals surface area (Å²) < 4.78 is 0. The number of benzene rings is 1. The summed E-state index contributed by atoms with van der Waals surface area (Å²) in [6.45, 7) is 0. The molecule has 2 aliphatic rings. The molecule has 3 N–H and O–H groups in total. The zero-order valence-corrected chi connectivity index (χ0v) is 11.1. The van der Waals surface area contributed by atoms with Crippen molar-refractivity contribution in [2.75, 3.05) is 0 Å². The fourth-order valence-electron chi connectivity index (χ4n) is 3.35. The third-order valence-electron chi connectivity index (χ3n) is 4.75. The standard InChI is InChI=1S/C16H24N2/c17-18-16(10-7-12-5-6-12)15-9-8-13-3-1-2-4-14(13)11-15/h1-4,12,15-16,18H,5-11,17H2. The molecule has 0 amide bonds. The second-order valence-electron chi connectivity index (χ2n) is 6.07. The molecular weight excluding hydrogens is 220 g/mol. The van der Waals surface area contributed by atoms with E-state index >= 15 is 0 Å². The lowest BCUT2D eigenvalue weighted by molar-refractivity contribution is 0.299. The Morgan fingerprint density at radius 1 is 1.17 bits per heavy atom. The Kier molecular flexibility index (Phi) is 3.67. The minimum Gasteiger partial charge on any atom is -0.271 e. The molecule has 1 saturated carbocycles. The highest BCUT2D eigenvalue weighted by Crippen LogP contribution is 2.36. The van der Waals surface area contributed by atoms with Gasteiger partial charge in [-0.15, -0.1) is 0 Å². The van der Waals surface area contributed by atoms with Crippen molar-refractivity contribution in [3.63, 3.8) is 0 Å². The SMILES string of the molecule is NNC(CCC1CC1)C1CCc2ccccc2C1. The number of rotatable bonds is 5. The predicted molar refractivity (Wildman–Crippen MR) is 75.0 cm³/mol. The van der Waals surface area contributed by atoms with Gasteiger partial charge in [-0.2, -0.15) is 0 Å². The maximum atomic E-state index is 5.78. The zero-order chi connectivity index (χ0) is 12.4. The highest BCUT2D eigenvalue weighted by atomic mass is 15.2. The summed E-state index contributed by atoms with van der Waals surface area (Å²) in [5, 5.41) is 0. The van der Waals surface area contributed by atoms with Crippen molar-refractivity contribution >= 4 is 0 Å². The van der Waals surface area contributed by atoms with E-state index in [-0.39, 0.29) is 0 Å². The van der Waals surface area contributed by atoms with Crippen LogP contribution in [0.3, 0.4) is 0 Å². The van der Waals surface area contributed by atoms with E-state index in [9.17, 15) is 0 Å². The number of fused-ring (bicyclic) bond motifs is 1. The first-order valence-electron chi connectivity index (χ1n) is 7.39. The Labute approximate surface area is 110 Å². The Balaban J connectivity index is 1.61. The maximum Gasteiger partial charge on any atom is 0.0242 e. The van der Waals surface area contributed by atoms with Gasteiger partial charge in [0.1, 0.15) is 0 Å². The third-order valence-corrected chi connectivity index (χ3v) is 4.75. The maximum absolute atomic E-state index is 5.78. The summed E-state index contributed by atoms with van der Waals surface area (Å²) in [5.74, 6) is 7.52. The van der Waals surface area contributed by atoms with Crippen LogP contribution in [0.25, 0.3) is 0 Å². The van der Waals surface area contributed by atoms with Gasteiger partial charge in [0.05, 0.1) is 0 Å². The Bertz CT molecular complexity index is 398. The molecule has 0 aromatic heterocycles. The van der Waals surface area contributed by atoms with Crippen LogP contribution in [0.15, 0.2) is 24.3 Å². The van der Waals surface area contributed by atoms with Crippen LogP contribution in [-0.4, -0.2) is 6.04 Å². The topological polar surface area (TPSA) is 38.0 Å². The first kappa shape index (κ1) is 12.2. The van der Waals surface area contributed by atoms with E-state index in [1.807, 2.05) is 0 Å². The molecule has 2 aliphatic carbocycles. The summed E-state index contributed by atoms with van der Waals surface area (Å²) in [5.41, 5.74) is 6.18. The summed E-state index contributed by atoms with van der Waals surface area (Å²) in [4.78, 5) is 0. The molecule has 1 aromatic carbocycles. The van der Waals surface area contributed by atoms with Crippen molar-refractivity contribution in [2.24, 2.45) is 17.7 Å². The summed E-state index contributed by atoms with van der Waals surface area (Å²) in [6.07, 6.45) is 9.24. The zero-order valence-electron chi connectivity index (χ0n) is 11.1. The predicted octanol–water partition coefficient (Wildman–Crippen LogP) is 2.81. The van der Waals surface area contributed by atoms with Gasteiger partial charge in [0.2, 0.25) is 0 Å². The van der Waals surface area contributed by atoms with Gasteiger partial charge >= 0.3 is 0 Å². The van der Waals surface area contributed by atoms with Gasteiger partial charge in [-0.1, -0.05) is 37.1 Å². The number of aryl methyl sites for hydroxylation is 1. The Hall–Kier alpha value is -0.860. The second-order valence-corrected chi connectivity index (χ2v) is 6.07. The molecular formula is C16H24N2. The molecule has 2 nitrogen and oxygen atoms in total. The minimum absolute atomic E-state index is 0.513. The smallest absolute Gasteiger partial charge is 0.0242 e. The average molecular weight is 244 g/mol. The molecule has 18 heavy (non-hydrogen) atoms. The molecule has 0 aliphatic heterocycles. The molecule has 1 fully saturated rings. The lowest BCUT2D eigenvalue weighted by atomic mass is 9.79. The summed E-state index contributed by atoms with van der Waals surface area (Å²) >= 11 is 0. The van der Waals surface area contributed by atoms with Crippen LogP contribution in [0.4, 0.5) is 0 Å². The van der Waals surface area contributed by atoms with E-state index in [1.165, 1.54) is 44.9 Å². The number of nitrogens with two attached hydrogens (primary N) is 1. The molecule has 2 atom stereocenters. The molecule has 1 aromatic rings. The van der Waals surface area contributed by atoms with Crippen LogP contribution in [0.1, 0.15) is 43.2 Å². The van der Waals surface area contributed by atoms with Crippen molar-refractivity contribution in [3.8, 4) is 0 Å². The van der Waals surface area contributed by atoms with Gasteiger partial charge in [0.15, 0.2) is 0 Å². The van der Waals surface area contributed by atoms with Crippen LogP contribution >= 0.6 is 0 Å². The van der Waals surface area contributed by atoms with E-state index < -0.39 is 0 Å². The van der Waals surface area contributed by atoms with Gasteiger partial charge in [-0.25, -0.2) is 0 Å². The molecule has 3 rings (SSSR count). The number of hydrazine groups is 1. The largest absolute Gasteiger partial charge is 0.271 e. The van der Waals surface area contributed by atoms with Gasteiger partial charge < -0.3 is 0 Å². The van der Waals surface area contributed by atoms with Crippen molar-refractivity contribution in [1.82, 2.24) is 5.43 Å². The minimum atomic E-state index is 0.513. The molecule has 0 spiro atoms. The summed E-state index contributed by atoms with van der Waals surface area (Å²) in [7, 11) is 0. The van der Waals surface area contributed by atoms with Gasteiger partial charge in [0.25, 0.3) is 0 Å². The molecule has 2 unspecified atom stereocenters. The molecule has 0 radical (unpaired) electrons. The normalized spacial score (nSPS) is 24.6. The van der Waals surface area contributed by atoms with Crippen LogP contribution < -0.4 is 11.3 Å². The van der Waals surface area contributed by atoms with E-state index in [0.717, 1.165) is 11.8 Å². The average Bonchev–Trinajstić information content (AvgIpc) is 3.23. The number of nitrogens with one attached hydrogen (secondary N) is 1. The highest BCUT2D eigenvalue weighted by Gasteiger charge is 2.28. The lowest BCUT2D eigenvalue weighted by Gasteiger charge is -2.31. The molecule has 98 valence electrons. The van der Waals surface area contributed by atoms with Crippen LogP contribution in [0.5, 0.6) is 0 Å². The number of hydrogen-bond acceptors (Lipinski definition) is 2. The van der Waals surface area contributed by atoms with Crippen molar-refractivity contribution in [1.29, 1.82) is 0 Å². The van der Waals surface area contributed by atoms with Crippen LogP contribution in [-0.2, 0) is 12.8 Å². The fraction of sp³-hybridized carbons (Fsp3) is 0.625. The quantitative estimate of drug-likeness (QED) is 0.617. The van der Waals surface area contributed by atoms with E-state index in [1.54, 1.807) is 11.1 Å². The summed E-state index contributed by atoms with van der Waals surface area (Å²) in [6, 6.07) is 9.40. The highest BCUT2D eigenvalue weighted by molar-refractivity contribution is 5.29. The molecule has 2 heteroatoms. The molecule has 0 saturated heterocycles. The van der Waals surface area contributed by atoms with Crippen molar-refractivity contribution in [2.45, 2.75) is 51.0 Å². The van der Waals surface area contributed by atoms with Gasteiger partial charge in [-0.3, -0.25) is 11.3 Å². The fourth-order valence-corrected chi connectivity index (χ4v) is 3.35. The van der Waals surface area contributed by atoms with Crippen molar-refractivity contribution in [3.05, 3.63) is 35.4 Å². The second kappa shape index (κ2) is 5.41. The molecule has 0 heterocycles.